The molecule has 0 aromatic heterocycles. The predicted molar refractivity (Wildman–Crippen MR) is 68.3 cm³/mol. The number of benzene rings is 2. The van der Waals surface area contributed by atoms with Crippen LogP contribution in [0.2, 0.25) is 0 Å². The van der Waals surface area contributed by atoms with Gasteiger partial charge in [-0.1, -0.05) is 37.3 Å². The highest BCUT2D eigenvalue weighted by atomic mass is 16.3. The molecule has 0 heterocycles. The zero-order valence-corrected chi connectivity index (χ0v) is 9.68. The molecular formula is C15H14O2. The van der Waals surface area contributed by atoms with Gasteiger partial charge in [-0.15, -0.1) is 0 Å². The van der Waals surface area contributed by atoms with Crippen LogP contribution in [-0.4, -0.2) is 11.4 Å². The second kappa shape index (κ2) is 4.83. The molecule has 2 aromatic carbocycles. The standard InChI is InChI=1S/C15H14O2/c1-2-12-9-14(7-8-15(12)17)13-5-3-11(10-16)4-6-13/h3-10,17H,2H2,1H3. The van der Waals surface area contributed by atoms with Gasteiger partial charge < -0.3 is 5.11 Å². The van der Waals surface area contributed by atoms with E-state index in [1.807, 2.05) is 31.2 Å². The van der Waals surface area contributed by atoms with Gasteiger partial charge >= 0.3 is 0 Å². The fraction of sp³-hybridized carbons (Fsp3) is 0.133. The minimum atomic E-state index is 0.334. The Morgan fingerprint density at radius 3 is 2.29 bits per heavy atom. The molecule has 1 N–H and O–H groups in total. The smallest absolute Gasteiger partial charge is 0.150 e. The highest BCUT2D eigenvalue weighted by Crippen LogP contribution is 2.26. The largest absolute Gasteiger partial charge is 0.508 e. The van der Waals surface area contributed by atoms with Crippen LogP contribution >= 0.6 is 0 Å². The van der Waals surface area contributed by atoms with Gasteiger partial charge in [0.05, 0.1) is 0 Å². The van der Waals surface area contributed by atoms with Crippen LogP contribution in [0.5, 0.6) is 5.75 Å². The summed E-state index contributed by atoms with van der Waals surface area (Å²) in [5.41, 5.74) is 3.70. The maximum Gasteiger partial charge on any atom is 0.150 e. The van der Waals surface area contributed by atoms with Crippen LogP contribution in [0.3, 0.4) is 0 Å². The molecule has 0 amide bonds. The molecule has 0 saturated carbocycles. The first kappa shape index (κ1) is 11.4. The minimum absolute atomic E-state index is 0.334. The average molecular weight is 226 g/mol. The Bertz CT molecular complexity index is 527. The van der Waals surface area contributed by atoms with Crippen molar-refractivity contribution >= 4 is 6.29 Å². The van der Waals surface area contributed by atoms with Gasteiger partial charge in [0.1, 0.15) is 12.0 Å². The summed E-state index contributed by atoms with van der Waals surface area (Å²) in [4.78, 5) is 10.6. The van der Waals surface area contributed by atoms with Crippen molar-refractivity contribution in [3.8, 4) is 16.9 Å². The van der Waals surface area contributed by atoms with E-state index < -0.39 is 0 Å². The molecule has 0 bridgehead atoms. The molecule has 0 radical (unpaired) electrons. The topological polar surface area (TPSA) is 37.3 Å². The third-order valence-electron chi connectivity index (χ3n) is 2.84. The molecule has 0 aliphatic carbocycles. The zero-order valence-electron chi connectivity index (χ0n) is 9.68. The Morgan fingerprint density at radius 2 is 1.71 bits per heavy atom. The molecular weight excluding hydrogens is 212 g/mol. The van der Waals surface area contributed by atoms with Crippen LogP contribution in [0.25, 0.3) is 11.1 Å². The maximum atomic E-state index is 10.6. The molecule has 0 spiro atoms. The van der Waals surface area contributed by atoms with Crippen molar-refractivity contribution in [2.45, 2.75) is 13.3 Å². The van der Waals surface area contributed by atoms with E-state index in [1.165, 1.54) is 0 Å². The molecule has 0 saturated heterocycles. The summed E-state index contributed by atoms with van der Waals surface area (Å²) >= 11 is 0. The van der Waals surface area contributed by atoms with Gasteiger partial charge in [-0.2, -0.15) is 0 Å². The average Bonchev–Trinajstić information content (AvgIpc) is 2.39. The van der Waals surface area contributed by atoms with E-state index in [9.17, 15) is 9.90 Å². The Hall–Kier alpha value is -2.09. The molecule has 2 rings (SSSR count). The summed E-state index contributed by atoms with van der Waals surface area (Å²) < 4.78 is 0. The van der Waals surface area contributed by atoms with Gasteiger partial charge in [0.25, 0.3) is 0 Å². The first-order valence-corrected chi connectivity index (χ1v) is 5.62. The Morgan fingerprint density at radius 1 is 1.06 bits per heavy atom. The van der Waals surface area contributed by atoms with Crippen molar-refractivity contribution < 1.29 is 9.90 Å². The lowest BCUT2D eigenvalue weighted by atomic mass is 10.0. The molecule has 2 aromatic rings. The van der Waals surface area contributed by atoms with Crippen molar-refractivity contribution in [1.29, 1.82) is 0 Å². The van der Waals surface area contributed by atoms with Gasteiger partial charge in [-0.05, 0) is 35.2 Å². The van der Waals surface area contributed by atoms with Gasteiger partial charge in [-0.3, -0.25) is 4.79 Å². The molecule has 0 atom stereocenters. The summed E-state index contributed by atoms with van der Waals surface area (Å²) in [5, 5.41) is 9.62. The molecule has 0 unspecified atom stereocenters. The van der Waals surface area contributed by atoms with E-state index in [0.717, 1.165) is 29.4 Å². The summed E-state index contributed by atoms with van der Waals surface area (Å²) in [6.45, 7) is 2.01. The number of phenolic OH excluding ortho intramolecular Hbond substituents is 1. The SMILES string of the molecule is CCc1cc(-c2ccc(C=O)cc2)ccc1O. The fourth-order valence-corrected chi connectivity index (χ4v) is 1.80. The van der Waals surface area contributed by atoms with Gasteiger partial charge in [0.2, 0.25) is 0 Å². The van der Waals surface area contributed by atoms with E-state index in [-0.39, 0.29) is 0 Å². The molecule has 0 aliphatic rings. The van der Waals surface area contributed by atoms with E-state index in [1.54, 1.807) is 18.2 Å². The second-order valence-corrected chi connectivity index (χ2v) is 3.94. The van der Waals surface area contributed by atoms with Crippen LogP contribution in [0.4, 0.5) is 0 Å². The highest BCUT2D eigenvalue weighted by molar-refractivity contribution is 5.77. The maximum absolute atomic E-state index is 10.6. The normalized spacial score (nSPS) is 10.2. The lowest BCUT2D eigenvalue weighted by Gasteiger charge is -2.06. The van der Waals surface area contributed by atoms with Gasteiger partial charge in [0, 0.05) is 5.56 Å². The summed E-state index contributed by atoms with van der Waals surface area (Å²) in [6.07, 6.45) is 1.63. The first-order valence-electron chi connectivity index (χ1n) is 5.62. The second-order valence-electron chi connectivity index (χ2n) is 3.94. The van der Waals surface area contributed by atoms with Crippen molar-refractivity contribution in [2.75, 3.05) is 0 Å². The number of carbonyl (C=O) groups excluding carboxylic acids is 1. The number of phenols is 1. The van der Waals surface area contributed by atoms with Crippen LogP contribution in [0.15, 0.2) is 42.5 Å². The Labute approximate surface area is 101 Å². The lowest BCUT2D eigenvalue weighted by molar-refractivity contribution is 0.112. The number of aryl methyl sites for hydroxylation is 1. The number of hydrogen-bond acceptors (Lipinski definition) is 2. The summed E-state index contributed by atoms with van der Waals surface area (Å²) in [6, 6.07) is 13.0. The van der Waals surface area contributed by atoms with Crippen LogP contribution < -0.4 is 0 Å². The zero-order chi connectivity index (χ0) is 12.3. The third-order valence-corrected chi connectivity index (χ3v) is 2.84. The van der Waals surface area contributed by atoms with E-state index in [2.05, 4.69) is 0 Å². The van der Waals surface area contributed by atoms with Crippen molar-refractivity contribution in [2.24, 2.45) is 0 Å². The van der Waals surface area contributed by atoms with E-state index in [0.29, 0.717) is 11.3 Å². The number of rotatable bonds is 3. The van der Waals surface area contributed by atoms with Crippen molar-refractivity contribution in [1.82, 2.24) is 0 Å². The lowest BCUT2D eigenvalue weighted by Crippen LogP contribution is -1.85. The van der Waals surface area contributed by atoms with Crippen molar-refractivity contribution in [3.05, 3.63) is 53.6 Å². The molecule has 86 valence electrons. The number of aromatic hydroxyl groups is 1. The van der Waals surface area contributed by atoms with Crippen LogP contribution in [-0.2, 0) is 6.42 Å². The molecule has 2 nitrogen and oxygen atoms in total. The monoisotopic (exact) mass is 226 g/mol. The Balaban J connectivity index is 2.41. The quantitative estimate of drug-likeness (QED) is 0.814. The Kier molecular flexibility index (Phi) is 3.24. The molecule has 0 aliphatic heterocycles. The van der Waals surface area contributed by atoms with E-state index >= 15 is 0 Å². The highest BCUT2D eigenvalue weighted by Gasteiger charge is 2.03. The fourth-order valence-electron chi connectivity index (χ4n) is 1.80. The first-order chi connectivity index (χ1) is 8.24. The van der Waals surface area contributed by atoms with Crippen LogP contribution in [0.1, 0.15) is 22.8 Å². The van der Waals surface area contributed by atoms with Gasteiger partial charge in [-0.25, -0.2) is 0 Å². The van der Waals surface area contributed by atoms with Crippen molar-refractivity contribution in [3.63, 3.8) is 0 Å². The van der Waals surface area contributed by atoms with Gasteiger partial charge in [0.15, 0.2) is 0 Å². The minimum Gasteiger partial charge on any atom is -0.508 e. The van der Waals surface area contributed by atoms with Crippen LogP contribution in [0, 0.1) is 0 Å². The molecule has 17 heavy (non-hydrogen) atoms. The summed E-state index contributed by atoms with van der Waals surface area (Å²) in [5.74, 6) is 0.334. The molecule has 0 fully saturated rings. The number of hydrogen-bond donors (Lipinski definition) is 1. The number of carbonyl (C=O) groups is 1. The predicted octanol–water partition coefficient (Wildman–Crippen LogP) is 3.43. The third kappa shape index (κ3) is 2.36. The number of aldehydes is 1. The van der Waals surface area contributed by atoms with E-state index in [4.69, 9.17) is 0 Å². The summed E-state index contributed by atoms with van der Waals surface area (Å²) in [7, 11) is 0. The molecule has 2 heteroatoms.